The van der Waals surface area contributed by atoms with Crippen LogP contribution in [-0.2, 0) is 9.59 Å². The minimum atomic E-state index is 0.180. The monoisotopic (exact) mass is 474 g/mol. The Kier molecular flexibility index (Phi) is 6.43. The molecular weight excluding hydrogens is 446 g/mol. The lowest BCUT2D eigenvalue weighted by molar-refractivity contribution is -0.133. The summed E-state index contributed by atoms with van der Waals surface area (Å²) in [5.74, 6) is 0.789. The number of anilines is 1. The second kappa shape index (κ2) is 9.64. The minimum Gasteiger partial charge on any atom is -0.338 e. The van der Waals surface area contributed by atoms with Gasteiger partial charge in [-0.25, -0.2) is 9.97 Å². The van der Waals surface area contributed by atoms with Crippen LogP contribution in [0, 0.1) is 0 Å². The molecule has 1 fully saturated rings. The van der Waals surface area contributed by atoms with E-state index < -0.39 is 0 Å². The molecule has 3 aromatic rings. The summed E-state index contributed by atoms with van der Waals surface area (Å²) in [6, 6.07) is 8.99. The quantitative estimate of drug-likeness (QED) is 0.565. The molecule has 1 aromatic carbocycles. The van der Waals surface area contributed by atoms with Gasteiger partial charge in [0, 0.05) is 55.4 Å². The van der Waals surface area contributed by atoms with Crippen LogP contribution in [0.15, 0.2) is 48.1 Å². The standard InChI is InChI=1S/C26H28N5O2S/c1-18-14-30(26-27-12-20(17-32)13-28-26)15-19(2)31(18)16-24(33)29-9-6-21(7-10-29)23-5-3-4-22-8-11-34-25(22)23/h3-6,8,11-13,18-19H,7,9-10,14-16H2,1-2H3/t18-,19+. The van der Waals surface area contributed by atoms with Gasteiger partial charge in [0.25, 0.3) is 0 Å². The summed E-state index contributed by atoms with van der Waals surface area (Å²) in [7, 11) is 0. The van der Waals surface area contributed by atoms with Gasteiger partial charge in [-0.05, 0) is 48.2 Å². The number of rotatable bonds is 5. The fourth-order valence-electron chi connectivity index (χ4n) is 5.01. The van der Waals surface area contributed by atoms with Gasteiger partial charge in [0.1, 0.15) is 0 Å². The lowest BCUT2D eigenvalue weighted by Gasteiger charge is -2.44. The van der Waals surface area contributed by atoms with Gasteiger partial charge in [0.15, 0.2) is 0 Å². The molecule has 7 nitrogen and oxygen atoms in total. The lowest BCUT2D eigenvalue weighted by atomic mass is 9.98. The summed E-state index contributed by atoms with van der Waals surface area (Å²) < 4.78 is 1.33. The van der Waals surface area contributed by atoms with Crippen molar-refractivity contribution in [2.75, 3.05) is 37.6 Å². The Labute approximate surface area is 203 Å². The first kappa shape index (κ1) is 22.7. The topological polar surface area (TPSA) is 69.6 Å². The zero-order valence-electron chi connectivity index (χ0n) is 19.5. The number of carbonyl (C=O) groups is 1. The maximum Gasteiger partial charge on any atom is 0.237 e. The predicted octanol–water partition coefficient (Wildman–Crippen LogP) is 3.36. The van der Waals surface area contributed by atoms with Crippen molar-refractivity contribution in [3.05, 3.63) is 59.2 Å². The molecule has 1 radical (unpaired) electrons. The zero-order chi connectivity index (χ0) is 23.7. The summed E-state index contributed by atoms with van der Waals surface area (Å²) in [4.78, 5) is 38.9. The van der Waals surface area contributed by atoms with Crippen LogP contribution >= 0.6 is 11.3 Å². The van der Waals surface area contributed by atoms with Crippen molar-refractivity contribution in [3.63, 3.8) is 0 Å². The molecule has 0 N–H and O–H groups in total. The van der Waals surface area contributed by atoms with Gasteiger partial charge in [0.2, 0.25) is 18.1 Å². The van der Waals surface area contributed by atoms with Gasteiger partial charge in [0.05, 0.1) is 12.1 Å². The number of benzene rings is 1. The van der Waals surface area contributed by atoms with E-state index in [9.17, 15) is 9.59 Å². The summed E-state index contributed by atoms with van der Waals surface area (Å²) in [6.07, 6.45) is 7.90. The van der Waals surface area contributed by atoms with Crippen LogP contribution in [0.4, 0.5) is 5.95 Å². The van der Waals surface area contributed by atoms with E-state index in [4.69, 9.17) is 0 Å². The Hall–Kier alpha value is -3.10. The van der Waals surface area contributed by atoms with Crippen molar-refractivity contribution >= 4 is 45.1 Å². The van der Waals surface area contributed by atoms with E-state index in [1.165, 1.54) is 33.6 Å². The molecule has 8 heteroatoms. The van der Waals surface area contributed by atoms with Crippen LogP contribution in [0.1, 0.15) is 31.4 Å². The Balaban J connectivity index is 1.21. The molecule has 1 amide bonds. The number of carbonyl (C=O) groups excluding carboxylic acids is 2. The number of nitrogens with zero attached hydrogens (tertiary/aromatic N) is 5. The summed E-state index contributed by atoms with van der Waals surface area (Å²) in [5.41, 5.74) is 2.99. The molecule has 1 saturated heterocycles. The number of hydrogen-bond acceptors (Lipinski definition) is 7. The van der Waals surface area contributed by atoms with Crippen LogP contribution in [-0.4, -0.2) is 76.8 Å². The summed E-state index contributed by atoms with van der Waals surface area (Å²) >= 11 is 1.78. The van der Waals surface area contributed by atoms with Crippen molar-refractivity contribution in [2.24, 2.45) is 0 Å². The molecule has 2 aliphatic heterocycles. The molecule has 2 atom stereocenters. The Morgan fingerprint density at radius 3 is 2.59 bits per heavy atom. The number of hydrogen-bond donors (Lipinski definition) is 0. The molecule has 4 heterocycles. The lowest BCUT2D eigenvalue weighted by Crippen LogP contribution is -2.59. The van der Waals surface area contributed by atoms with E-state index in [1.807, 2.05) is 4.90 Å². The molecule has 5 rings (SSSR count). The molecule has 2 aromatic heterocycles. The van der Waals surface area contributed by atoms with Crippen LogP contribution in [0.3, 0.4) is 0 Å². The smallest absolute Gasteiger partial charge is 0.237 e. The molecule has 34 heavy (non-hydrogen) atoms. The zero-order valence-corrected chi connectivity index (χ0v) is 20.3. The highest BCUT2D eigenvalue weighted by atomic mass is 32.1. The molecular formula is C26H28N5O2S. The van der Waals surface area contributed by atoms with Gasteiger partial charge in [-0.3, -0.25) is 14.5 Å². The first-order valence-electron chi connectivity index (χ1n) is 11.7. The number of fused-ring (bicyclic) bond motifs is 1. The van der Waals surface area contributed by atoms with Gasteiger partial charge >= 0.3 is 0 Å². The van der Waals surface area contributed by atoms with Crippen LogP contribution in [0.2, 0.25) is 0 Å². The molecule has 2 aliphatic rings. The molecule has 175 valence electrons. The van der Waals surface area contributed by atoms with E-state index >= 15 is 0 Å². The van der Waals surface area contributed by atoms with Crippen molar-refractivity contribution in [1.29, 1.82) is 0 Å². The average Bonchev–Trinajstić information content (AvgIpc) is 3.35. The Bertz CT molecular complexity index is 1210. The predicted molar refractivity (Wildman–Crippen MR) is 136 cm³/mol. The van der Waals surface area contributed by atoms with Gasteiger partial charge < -0.3 is 9.80 Å². The van der Waals surface area contributed by atoms with Crippen molar-refractivity contribution in [3.8, 4) is 0 Å². The minimum absolute atomic E-state index is 0.180. The third kappa shape index (κ3) is 4.48. The fourth-order valence-corrected chi connectivity index (χ4v) is 5.96. The summed E-state index contributed by atoms with van der Waals surface area (Å²) in [5, 5.41) is 3.42. The normalized spacial score (nSPS) is 21.5. The first-order chi connectivity index (χ1) is 16.5. The average molecular weight is 475 g/mol. The van der Waals surface area contributed by atoms with Crippen molar-refractivity contribution in [2.45, 2.75) is 32.4 Å². The highest BCUT2D eigenvalue weighted by Crippen LogP contribution is 2.32. The van der Waals surface area contributed by atoms with Crippen LogP contribution in [0.25, 0.3) is 15.7 Å². The molecule has 0 bridgehead atoms. The highest BCUT2D eigenvalue weighted by molar-refractivity contribution is 7.17. The molecule has 0 aliphatic carbocycles. The third-order valence-electron chi connectivity index (χ3n) is 6.85. The number of piperazine rings is 1. The fraction of sp³-hybridized carbons (Fsp3) is 0.385. The van der Waals surface area contributed by atoms with Gasteiger partial charge in [-0.2, -0.15) is 0 Å². The number of amides is 1. The van der Waals surface area contributed by atoms with E-state index in [0.717, 1.165) is 26.1 Å². The van der Waals surface area contributed by atoms with Crippen LogP contribution < -0.4 is 4.90 Å². The first-order valence-corrected chi connectivity index (χ1v) is 12.6. The van der Waals surface area contributed by atoms with Gasteiger partial charge in [-0.15, -0.1) is 11.3 Å². The van der Waals surface area contributed by atoms with E-state index in [1.54, 1.807) is 17.6 Å². The maximum absolute atomic E-state index is 13.2. The van der Waals surface area contributed by atoms with Crippen LogP contribution in [0.5, 0.6) is 0 Å². The second-order valence-electron chi connectivity index (χ2n) is 9.11. The Morgan fingerprint density at radius 2 is 1.91 bits per heavy atom. The third-order valence-corrected chi connectivity index (χ3v) is 7.81. The van der Waals surface area contributed by atoms with E-state index in [2.05, 4.69) is 69.3 Å². The van der Waals surface area contributed by atoms with Crippen molar-refractivity contribution in [1.82, 2.24) is 19.8 Å². The number of aromatic nitrogens is 2. The maximum atomic E-state index is 13.2. The molecule has 0 spiro atoms. The van der Waals surface area contributed by atoms with Crippen molar-refractivity contribution < 1.29 is 9.59 Å². The largest absolute Gasteiger partial charge is 0.338 e. The van der Waals surface area contributed by atoms with E-state index in [-0.39, 0.29) is 18.0 Å². The SMILES string of the molecule is C[C@@H]1CN(c2ncc([C]=O)cn2)C[C@H](C)N1CC(=O)N1CC=C(c2cccc3ccsc23)CC1. The van der Waals surface area contributed by atoms with Gasteiger partial charge in [-0.1, -0.05) is 24.3 Å². The number of thiophene rings is 1. The summed E-state index contributed by atoms with van der Waals surface area (Å²) in [6.45, 7) is 7.57. The molecule has 0 unspecified atom stereocenters. The Morgan fingerprint density at radius 1 is 1.15 bits per heavy atom. The van der Waals surface area contributed by atoms with E-state index in [0.29, 0.717) is 24.6 Å². The molecule has 0 saturated carbocycles. The highest BCUT2D eigenvalue weighted by Gasteiger charge is 2.33. The second-order valence-corrected chi connectivity index (χ2v) is 10.0.